The molecule has 6 N–H and O–H groups in total. The lowest BCUT2D eigenvalue weighted by Gasteiger charge is -2.22. The highest BCUT2D eigenvalue weighted by Gasteiger charge is 2.19. The van der Waals surface area contributed by atoms with E-state index < -0.39 is 11.8 Å². The van der Waals surface area contributed by atoms with Crippen LogP contribution in [0.5, 0.6) is 5.75 Å². The Morgan fingerprint density at radius 3 is 2.40 bits per heavy atom. The Hall–Kier alpha value is -4.14. The number of primary amides is 2. The average Bonchev–Trinajstić information content (AvgIpc) is 2.65. The van der Waals surface area contributed by atoms with Crippen molar-refractivity contribution in [3.63, 3.8) is 0 Å². The number of phenols is 1. The first-order valence-corrected chi connectivity index (χ1v) is 9.10. The Morgan fingerprint density at radius 1 is 1.10 bits per heavy atom. The van der Waals surface area contributed by atoms with Gasteiger partial charge in [-0.25, -0.2) is 4.98 Å². The molecule has 0 radical (unpaired) electrons. The van der Waals surface area contributed by atoms with Gasteiger partial charge in [0.15, 0.2) is 0 Å². The van der Waals surface area contributed by atoms with E-state index in [1.54, 1.807) is 12.1 Å². The van der Waals surface area contributed by atoms with E-state index in [9.17, 15) is 14.7 Å². The number of rotatable bonds is 7. The number of nitrogens with one attached hydrogen (secondary N) is 1. The molecule has 0 aliphatic heterocycles. The Bertz CT molecular complexity index is 1100. The lowest BCUT2D eigenvalue weighted by atomic mass is 10.1. The number of benzene rings is 2. The smallest absolute Gasteiger partial charge is 0.254 e. The molecule has 3 aromatic rings. The molecular weight excluding hydrogens is 384 g/mol. The topological polar surface area (TPSA) is 147 Å². The van der Waals surface area contributed by atoms with Gasteiger partial charge in [-0.2, -0.15) is 4.98 Å². The largest absolute Gasteiger partial charge is 0.508 e. The summed E-state index contributed by atoms with van der Waals surface area (Å²) in [4.78, 5) is 33.6. The number of carbonyl (C=O) groups excluding carboxylic acids is 2. The van der Waals surface area contributed by atoms with E-state index >= 15 is 0 Å². The van der Waals surface area contributed by atoms with Crippen LogP contribution in [-0.4, -0.2) is 33.4 Å². The molecular formula is C21H22N6O3. The second-order valence-electron chi connectivity index (χ2n) is 6.87. The SMILES string of the molecule is Cc1cc(C)cc(Nc2nc(N(CC(N)=O)c3cccc(O)c3)ncc2C(N)=O)c1. The normalized spacial score (nSPS) is 10.5. The van der Waals surface area contributed by atoms with E-state index in [4.69, 9.17) is 11.5 Å². The van der Waals surface area contributed by atoms with E-state index in [0.717, 1.165) is 16.8 Å². The van der Waals surface area contributed by atoms with Crippen LogP contribution in [-0.2, 0) is 4.79 Å². The van der Waals surface area contributed by atoms with Gasteiger partial charge in [0.25, 0.3) is 5.91 Å². The van der Waals surface area contributed by atoms with Crippen molar-refractivity contribution in [2.45, 2.75) is 13.8 Å². The molecule has 9 nitrogen and oxygen atoms in total. The molecule has 9 heteroatoms. The summed E-state index contributed by atoms with van der Waals surface area (Å²) in [6, 6.07) is 12.0. The molecule has 0 spiro atoms. The number of hydrogen-bond donors (Lipinski definition) is 4. The molecule has 2 amide bonds. The molecule has 0 atom stereocenters. The predicted molar refractivity (Wildman–Crippen MR) is 114 cm³/mol. The predicted octanol–water partition coefficient (Wildman–Crippen LogP) is 2.26. The number of aromatic hydroxyl groups is 1. The third-order valence-electron chi connectivity index (χ3n) is 4.22. The number of phenolic OH excluding ortho intramolecular Hbond substituents is 1. The number of amides is 2. The molecule has 2 aromatic carbocycles. The van der Waals surface area contributed by atoms with Crippen LogP contribution in [0.3, 0.4) is 0 Å². The van der Waals surface area contributed by atoms with Gasteiger partial charge >= 0.3 is 0 Å². The maximum atomic E-state index is 11.9. The zero-order valence-electron chi connectivity index (χ0n) is 16.6. The Balaban J connectivity index is 2.08. The third-order valence-corrected chi connectivity index (χ3v) is 4.22. The number of nitrogens with zero attached hydrogens (tertiary/aromatic N) is 3. The monoisotopic (exact) mass is 406 g/mol. The fourth-order valence-corrected chi connectivity index (χ4v) is 3.06. The van der Waals surface area contributed by atoms with E-state index in [2.05, 4.69) is 15.3 Å². The van der Waals surface area contributed by atoms with Crippen LogP contribution in [0.2, 0.25) is 0 Å². The Kier molecular flexibility index (Phi) is 5.82. The maximum absolute atomic E-state index is 11.9. The van der Waals surface area contributed by atoms with Gasteiger partial charge in [-0.1, -0.05) is 12.1 Å². The minimum atomic E-state index is -0.702. The molecule has 0 bridgehead atoms. The van der Waals surface area contributed by atoms with Crippen molar-refractivity contribution >= 4 is 35.0 Å². The summed E-state index contributed by atoms with van der Waals surface area (Å²) in [6.07, 6.45) is 1.28. The highest BCUT2D eigenvalue weighted by atomic mass is 16.3. The quantitative estimate of drug-likeness (QED) is 0.470. The number of nitrogens with two attached hydrogens (primary N) is 2. The molecule has 0 aliphatic rings. The first kappa shape index (κ1) is 20.6. The Labute approximate surface area is 173 Å². The van der Waals surface area contributed by atoms with Crippen LogP contribution in [0.1, 0.15) is 21.5 Å². The van der Waals surface area contributed by atoms with Crippen LogP contribution >= 0.6 is 0 Å². The number of carbonyl (C=O) groups is 2. The van der Waals surface area contributed by atoms with Gasteiger partial charge in [0.1, 0.15) is 23.7 Å². The summed E-state index contributed by atoms with van der Waals surface area (Å²) in [7, 11) is 0. The molecule has 0 fully saturated rings. The minimum absolute atomic E-state index is 0.00399. The average molecular weight is 406 g/mol. The third kappa shape index (κ3) is 4.82. The lowest BCUT2D eigenvalue weighted by molar-refractivity contribution is -0.116. The van der Waals surface area contributed by atoms with Gasteiger partial charge in [0.05, 0.1) is 0 Å². The fourth-order valence-electron chi connectivity index (χ4n) is 3.06. The molecule has 154 valence electrons. The van der Waals surface area contributed by atoms with Gasteiger partial charge in [-0.15, -0.1) is 0 Å². The highest BCUT2D eigenvalue weighted by molar-refractivity contribution is 5.98. The van der Waals surface area contributed by atoms with Crippen molar-refractivity contribution in [2.75, 3.05) is 16.8 Å². The molecule has 0 unspecified atom stereocenters. The zero-order valence-corrected chi connectivity index (χ0v) is 16.6. The standard InChI is InChI=1S/C21H22N6O3/c1-12-6-13(2)8-14(7-12)25-20-17(19(23)30)10-24-21(26-20)27(11-18(22)29)15-4-3-5-16(28)9-15/h3-10,28H,11H2,1-2H3,(H2,22,29)(H2,23,30)(H,24,25,26). The molecule has 0 saturated heterocycles. The van der Waals surface area contributed by atoms with Crippen LogP contribution in [0.25, 0.3) is 0 Å². The summed E-state index contributed by atoms with van der Waals surface area (Å²) in [5.74, 6) is -1.02. The summed E-state index contributed by atoms with van der Waals surface area (Å²) in [6.45, 7) is 3.67. The Morgan fingerprint density at radius 2 is 1.80 bits per heavy atom. The van der Waals surface area contributed by atoms with E-state index in [1.807, 2.05) is 32.0 Å². The first-order valence-electron chi connectivity index (χ1n) is 9.10. The van der Waals surface area contributed by atoms with Crippen molar-refractivity contribution in [3.05, 3.63) is 65.4 Å². The van der Waals surface area contributed by atoms with Crippen molar-refractivity contribution in [2.24, 2.45) is 11.5 Å². The molecule has 0 aliphatic carbocycles. The van der Waals surface area contributed by atoms with E-state index in [0.29, 0.717) is 5.69 Å². The fraction of sp³-hybridized carbons (Fsp3) is 0.143. The maximum Gasteiger partial charge on any atom is 0.254 e. The second-order valence-corrected chi connectivity index (χ2v) is 6.87. The molecule has 30 heavy (non-hydrogen) atoms. The summed E-state index contributed by atoms with van der Waals surface area (Å²) in [5, 5.41) is 12.9. The van der Waals surface area contributed by atoms with Gasteiger partial charge in [0, 0.05) is 23.6 Å². The first-order chi connectivity index (χ1) is 14.2. The van der Waals surface area contributed by atoms with Crippen molar-refractivity contribution < 1.29 is 14.7 Å². The summed E-state index contributed by atoms with van der Waals surface area (Å²) < 4.78 is 0. The molecule has 1 aromatic heterocycles. The van der Waals surface area contributed by atoms with Crippen molar-refractivity contribution in [3.8, 4) is 5.75 Å². The molecule has 1 heterocycles. The van der Waals surface area contributed by atoms with Crippen LogP contribution in [0.15, 0.2) is 48.7 Å². The number of hydrogen-bond acceptors (Lipinski definition) is 7. The van der Waals surface area contributed by atoms with Crippen molar-refractivity contribution in [1.29, 1.82) is 0 Å². The second kappa shape index (κ2) is 8.48. The van der Waals surface area contributed by atoms with Gasteiger partial charge < -0.3 is 26.8 Å². The number of aryl methyl sites for hydroxylation is 2. The molecule has 3 rings (SSSR count). The molecule has 0 saturated carbocycles. The summed E-state index contributed by atoms with van der Waals surface area (Å²) >= 11 is 0. The van der Waals surface area contributed by atoms with Gasteiger partial charge in [0.2, 0.25) is 11.9 Å². The lowest BCUT2D eigenvalue weighted by Crippen LogP contribution is -2.31. The minimum Gasteiger partial charge on any atom is -0.508 e. The summed E-state index contributed by atoms with van der Waals surface area (Å²) in [5.41, 5.74) is 14.2. The van der Waals surface area contributed by atoms with Crippen LogP contribution in [0.4, 0.5) is 23.1 Å². The number of anilines is 4. The zero-order chi connectivity index (χ0) is 21.8. The number of aromatic nitrogens is 2. The van der Waals surface area contributed by atoms with Gasteiger partial charge in [-0.3, -0.25) is 9.59 Å². The van der Waals surface area contributed by atoms with E-state index in [1.165, 1.54) is 23.2 Å². The van der Waals surface area contributed by atoms with E-state index in [-0.39, 0.29) is 29.6 Å². The van der Waals surface area contributed by atoms with Crippen LogP contribution in [0, 0.1) is 13.8 Å². The highest BCUT2D eigenvalue weighted by Crippen LogP contribution is 2.28. The van der Waals surface area contributed by atoms with Crippen molar-refractivity contribution in [1.82, 2.24) is 9.97 Å². The van der Waals surface area contributed by atoms with Crippen LogP contribution < -0.4 is 21.7 Å². The van der Waals surface area contributed by atoms with Gasteiger partial charge in [-0.05, 0) is 49.2 Å².